The molecule has 0 radical (unpaired) electrons. The van der Waals surface area contributed by atoms with Crippen LogP contribution in [0.1, 0.15) is 53.0 Å². The molecule has 28 heavy (non-hydrogen) atoms. The first-order valence-electron chi connectivity index (χ1n) is 9.42. The monoisotopic (exact) mass is 410 g/mol. The summed E-state index contributed by atoms with van der Waals surface area (Å²) >= 11 is 0. The number of rotatable bonds is 5. The van der Waals surface area contributed by atoms with Crippen molar-refractivity contribution in [3.63, 3.8) is 0 Å². The fourth-order valence-corrected chi connectivity index (χ4v) is 4.51. The van der Waals surface area contributed by atoms with Crippen LogP contribution in [0.5, 0.6) is 0 Å². The van der Waals surface area contributed by atoms with Gasteiger partial charge in [0.05, 0.1) is 4.90 Å². The molecule has 1 aliphatic heterocycles. The number of ether oxygens (including phenoxy) is 1. The second kappa shape index (κ2) is 8.21. The average Bonchev–Trinajstić information content (AvgIpc) is 2.60. The number of alkyl carbamates (subject to hydrolysis) is 1. The third-order valence-corrected chi connectivity index (χ3v) is 6.58. The fourth-order valence-electron chi connectivity index (χ4n) is 2.99. The molecule has 0 spiro atoms. The Bertz CT molecular complexity index is 819. The number of hydrogen-bond acceptors (Lipinski definition) is 5. The highest BCUT2D eigenvalue weighted by Crippen LogP contribution is 2.26. The van der Waals surface area contributed by atoms with Crippen LogP contribution in [0.15, 0.2) is 29.2 Å². The zero-order valence-electron chi connectivity index (χ0n) is 17.2. The summed E-state index contributed by atoms with van der Waals surface area (Å²) in [5.41, 5.74) is -0.672. The highest BCUT2D eigenvalue weighted by molar-refractivity contribution is 7.89. The summed E-state index contributed by atoms with van der Waals surface area (Å²) in [6.07, 6.45) is 1.35. The van der Waals surface area contributed by atoms with E-state index in [1.54, 1.807) is 58.9 Å². The molecular weight excluding hydrogens is 380 g/mol. The van der Waals surface area contributed by atoms with Crippen molar-refractivity contribution in [2.75, 3.05) is 13.1 Å². The molecule has 7 nitrogen and oxygen atoms in total. The summed E-state index contributed by atoms with van der Waals surface area (Å²) < 4.78 is 32.7. The van der Waals surface area contributed by atoms with E-state index in [0.29, 0.717) is 31.5 Å². The number of benzene rings is 1. The summed E-state index contributed by atoms with van der Waals surface area (Å²) in [6, 6.07) is 6.40. The predicted octanol–water partition coefficient (Wildman–Crippen LogP) is 2.84. The molecule has 1 aromatic rings. The average molecular weight is 411 g/mol. The van der Waals surface area contributed by atoms with Gasteiger partial charge in [0.25, 0.3) is 0 Å². The molecular formula is C20H30N2O5S. The van der Waals surface area contributed by atoms with Crippen LogP contribution in [0.3, 0.4) is 0 Å². The van der Waals surface area contributed by atoms with Gasteiger partial charge in [0.1, 0.15) is 11.9 Å². The predicted molar refractivity (Wildman–Crippen MR) is 107 cm³/mol. The van der Waals surface area contributed by atoms with Gasteiger partial charge < -0.3 is 14.8 Å². The number of sulfonamides is 1. The van der Waals surface area contributed by atoms with Crippen LogP contribution in [-0.2, 0) is 25.0 Å². The standard InChI is InChI=1S/C20H30N2O5S/c1-19(2,3)27-18(24)21-16-9-11-22(12-10-16)28(25,26)17-8-6-7-15(13-17)20(4,5)14-23/h6-8,13-14,16H,9-12H2,1-5H3,(H,21,24). The van der Waals surface area contributed by atoms with Crippen LogP contribution in [0.25, 0.3) is 0 Å². The molecule has 0 aliphatic carbocycles. The molecule has 0 unspecified atom stereocenters. The molecule has 0 atom stereocenters. The van der Waals surface area contributed by atoms with Crippen LogP contribution in [-0.4, -0.2) is 49.8 Å². The van der Waals surface area contributed by atoms with Gasteiger partial charge in [-0.2, -0.15) is 4.31 Å². The minimum absolute atomic E-state index is 0.123. The van der Waals surface area contributed by atoms with E-state index in [1.165, 1.54) is 4.31 Å². The van der Waals surface area contributed by atoms with Gasteiger partial charge in [0.2, 0.25) is 10.0 Å². The molecule has 1 N–H and O–H groups in total. The maximum Gasteiger partial charge on any atom is 0.407 e. The highest BCUT2D eigenvalue weighted by Gasteiger charge is 2.31. The molecule has 0 saturated carbocycles. The van der Waals surface area contributed by atoms with Crippen molar-refractivity contribution >= 4 is 22.4 Å². The number of aldehydes is 1. The van der Waals surface area contributed by atoms with E-state index in [4.69, 9.17) is 4.74 Å². The topological polar surface area (TPSA) is 92.8 Å². The second-order valence-corrected chi connectivity index (χ2v) is 10.6. The Kier molecular flexibility index (Phi) is 6.55. The molecule has 1 aromatic carbocycles. The Morgan fingerprint density at radius 2 is 1.79 bits per heavy atom. The Morgan fingerprint density at radius 1 is 1.18 bits per heavy atom. The summed E-state index contributed by atoms with van der Waals surface area (Å²) in [7, 11) is -3.66. The molecule has 1 saturated heterocycles. The van der Waals surface area contributed by atoms with Crippen LogP contribution < -0.4 is 5.32 Å². The lowest BCUT2D eigenvalue weighted by Gasteiger charge is -2.32. The van der Waals surface area contributed by atoms with Crippen molar-refractivity contribution in [3.05, 3.63) is 29.8 Å². The van der Waals surface area contributed by atoms with Gasteiger partial charge in [-0.15, -0.1) is 0 Å². The number of amides is 1. The number of nitrogens with zero attached hydrogens (tertiary/aromatic N) is 1. The lowest BCUT2D eigenvalue weighted by atomic mass is 9.86. The first kappa shape index (κ1) is 22.4. The van der Waals surface area contributed by atoms with Crippen LogP contribution >= 0.6 is 0 Å². The maximum absolute atomic E-state index is 13.0. The highest BCUT2D eigenvalue weighted by atomic mass is 32.2. The zero-order chi connectivity index (χ0) is 21.2. The SMILES string of the molecule is CC(C)(C)OC(=O)NC1CCN(S(=O)(=O)c2cccc(C(C)(C)C=O)c2)CC1. The van der Waals surface area contributed by atoms with Crippen molar-refractivity contribution in [1.82, 2.24) is 9.62 Å². The second-order valence-electron chi connectivity index (χ2n) is 8.69. The summed E-state index contributed by atoms with van der Waals surface area (Å²) in [5, 5.41) is 2.80. The van der Waals surface area contributed by atoms with E-state index in [1.807, 2.05) is 0 Å². The number of carbonyl (C=O) groups excluding carboxylic acids is 2. The lowest BCUT2D eigenvalue weighted by Crippen LogP contribution is -2.47. The van der Waals surface area contributed by atoms with Crippen molar-refractivity contribution in [3.8, 4) is 0 Å². The molecule has 156 valence electrons. The molecule has 2 rings (SSSR count). The normalized spacial score (nSPS) is 17.2. The molecule has 1 heterocycles. The van der Waals surface area contributed by atoms with E-state index in [9.17, 15) is 18.0 Å². The Labute approximate surface area is 167 Å². The van der Waals surface area contributed by atoms with Crippen LogP contribution in [0, 0.1) is 0 Å². The first-order valence-corrected chi connectivity index (χ1v) is 10.9. The molecule has 1 fully saturated rings. The van der Waals surface area contributed by atoms with Crippen molar-refractivity contribution < 1.29 is 22.7 Å². The third-order valence-electron chi connectivity index (χ3n) is 4.69. The summed E-state index contributed by atoms with van der Waals surface area (Å²) in [6.45, 7) is 9.50. The molecule has 1 aliphatic rings. The minimum Gasteiger partial charge on any atom is -0.444 e. The summed E-state index contributed by atoms with van der Waals surface area (Å²) in [4.78, 5) is 23.4. The first-order chi connectivity index (χ1) is 12.8. The van der Waals surface area contributed by atoms with Gasteiger partial charge in [-0.25, -0.2) is 13.2 Å². The smallest absolute Gasteiger partial charge is 0.407 e. The van der Waals surface area contributed by atoms with Crippen molar-refractivity contribution in [2.24, 2.45) is 0 Å². The minimum atomic E-state index is -3.66. The van der Waals surface area contributed by atoms with E-state index in [0.717, 1.165) is 6.29 Å². The van der Waals surface area contributed by atoms with E-state index in [2.05, 4.69) is 5.32 Å². The van der Waals surface area contributed by atoms with Gasteiger partial charge in [-0.1, -0.05) is 12.1 Å². The molecule has 1 amide bonds. The van der Waals surface area contributed by atoms with Crippen LogP contribution in [0.2, 0.25) is 0 Å². The van der Waals surface area contributed by atoms with Crippen molar-refractivity contribution in [2.45, 2.75) is 69.4 Å². The zero-order valence-corrected chi connectivity index (χ0v) is 18.0. The maximum atomic E-state index is 13.0. The van der Waals surface area contributed by atoms with Crippen molar-refractivity contribution in [1.29, 1.82) is 0 Å². The lowest BCUT2D eigenvalue weighted by molar-refractivity contribution is -0.111. The van der Waals surface area contributed by atoms with Gasteiger partial charge >= 0.3 is 6.09 Å². The number of hydrogen-bond donors (Lipinski definition) is 1. The fraction of sp³-hybridized carbons (Fsp3) is 0.600. The van der Waals surface area contributed by atoms with Gasteiger partial charge in [-0.3, -0.25) is 0 Å². The largest absolute Gasteiger partial charge is 0.444 e. The van der Waals surface area contributed by atoms with Gasteiger partial charge in [0.15, 0.2) is 0 Å². The van der Waals surface area contributed by atoms with E-state index < -0.39 is 27.1 Å². The quantitative estimate of drug-likeness (QED) is 0.754. The number of nitrogens with one attached hydrogen (secondary N) is 1. The number of piperidine rings is 1. The van der Waals surface area contributed by atoms with Gasteiger partial charge in [0, 0.05) is 24.5 Å². The molecule has 0 bridgehead atoms. The van der Waals surface area contributed by atoms with Gasteiger partial charge in [-0.05, 0) is 65.2 Å². The number of carbonyl (C=O) groups is 2. The summed E-state index contributed by atoms with van der Waals surface area (Å²) in [5.74, 6) is 0. The Balaban J connectivity index is 2.05. The third kappa shape index (κ3) is 5.54. The van der Waals surface area contributed by atoms with E-state index in [-0.39, 0.29) is 10.9 Å². The van der Waals surface area contributed by atoms with Crippen LogP contribution in [0.4, 0.5) is 4.79 Å². The molecule has 0 aromatic heterocycles. The van der Waals surface area contributed by atoms with E-state index >= 15 is 0 Å². The Morgan fingerprint density at radius 3 is 2.32 bits per heavy atom. The Hall–Kier alpha value is -1.93. The molecule has 8 heteroatoms.